The Morgan fingerprint density at radius 1 is 1.14 bits per heavy atom. The van der Waals surface area contributed by atoms with Crippen molar-refractivity contribution in [1.82, 2.24) is 29.4 Å². The van der Waals surface area contributed by atoms with E-state index in [4.69, 9.17) is 9.47 Å². The summed E-state index contributed by atoms with van der Waals surface area (Å²) in [6.45, 7) is 8.50. The van der Waals surface area contributed by atoms with Crippen molar-refractivity contribution in [3.8, 4) is 22.9 Å². The highest BCUT2D eigenvalue weighted by Gasteiger charge is 2.39. The zero-order valence-corrected chi connectivity index (χ0v) is 23.9. The fraction of sp³-hybridized carbons (Fsp3) is 0.333. The molecule has 226 valence electrons. The Bertz CT molecular complexity index is 1650. The molecule has 10 nitrogen and oxygen atoms in total. The number of alkyl halides is 3. The van der Waals surface area contributed by atoms with Gasteiger partial charge in [-0.2, -0.15) is 18.3 Å². The predicted octanol–water partition coefficient (Wildman–Crippen LogP) is 5.10. The van der Waals surface area contributed by atoms with Crippen molar-refractivity contribution in [2.45, 2.75) is 26.1 Å². The molecule has 0 radical (unpaired) electrons. The maximum atomic E-state index is 14.3. The topological polar surface area (TPSA) is 105 Å². The van der Waals surface area contributed by atoms with Gasteiger partial charge in [-0.3, -0.25) is 9.69 Å². The number of piperazine rings is 1. The Morgan fingerprint density at radius 3 is 2.44 bits per heavy atom. The molecule has 5 rings (SSSR count). The lowest BCUT2D eigenvalue weighted by Gasteiger charge is -2.39. The van der Waals surface area contributed by atoms with E-state index in [1.807, 2.05) is 11.8 Å². The quantitative estimate of drug-likeness (QED) is 0.280. The smallest absolute Gasteiger partial charge is 0.433 e. The van der Waals surface area contributed by atoms with Crippen LogP contribution in [0.4, 0.5) is 13.2 Å². The molecule has 13 heteroatoms. The molecule has 0 saturated carbocycles. The normalized spacial score (nSPS) is 15.0. The fourth-order valence-electron chi connectivity index (χ4n) is 5.40. The van der Waals surface area contributed by atoms with Crippen LogP contribution in [0.1, 0.15) is 40.1 Å². The molecule has 0 bridgehead atoms. The number of amides is 1. The molecule has 4 heterocycles. The summed E-state index contributed by atoms with van der Waals surface area (Å²) in [5.74, 6) is 0.337. The second-order valence-corrected chi connectivity index (χ2v) is 10.0. The summed E-state index contributed by atoms with van der Waals surface area (Å²) in [5, 5.41) is 14.4. The third-order valence-electron chi connectivity index (χ3n) is 7.40. The van der Waals surface area contributed by atoms with E-state index in [9.17, 15) is 23.1 Å². The molecular weight excluding hydrogens is 565 g/mol. The highest BCUT2D eigenvalue weighted by Crippen LogP contribution is 2.37. The first-order valence-corrected chi connectivity index (χ1v) is 13.6. The van der Waals surface area contributed by atoms with Crippen LogP contribution < -0.4 is 9.47 Å². The number of methoxy groups -OCH3 is 1. The molecule has 1 amide bonds. The van der Waals surface area contributed by atoms with Crippen LogP contribution in [-0.2, 0) is 6.18 Å². The van der Waals surface area contributed by atoms with Gasteiger partial charge in [0, 0.05) is 49.1 Å². The first kappa shape index (κ1) is 29.8. The molecule has 0 unspecified atom stereocenters. The Balaban J connectivity index is 1.45. The fourth-order valence-corrected chi connectivity index (χ4v) is 5.40. The first-order valence-electron chi connectivity index (χ1n) is 13.6. The van der Waals surface area contributed by atoms with Gasteiger partial charge in [0.1, 0.15) is 17.1 Å². The van der Waals surface area contributed by atoms with Crippen molar-refractivity contribution in [2.24, 2.45) is 0 Å². The van der Waals surface area contributed by atoms with Gasteiger partial charge in [0.2, 0.25) is 5.88 Å². The minimum atomic E-state index is -4.75. The summed E-state index contributed by atoms with van der Waals surface area (Å²) in [4.78, 5) is 26.0. The molecule has 1 fully saturated rings. The number of aliphatic hydroxyl groups excluding tert-OH is 1. The molecule has 1 saturated heterocycles. The molecule has 1 aromatic carbocycles. The van der Waals surface area contributed by atoms with Crippen molar-refractivity contribution in [1.29, 1.82) is 0 Å². The van der Waals surface area contributed by atoms with Gasteiger partial charge in [-0.25, -0.2) is 14.5 Å². The average Bonchev–Trinajstić information content (AvgIpc) is 3.40. The number of halogens is 3. The lowest BCUT2D eigenvalue weighted by Crippen LogP contribution is -2.50. The van der Waals surface area contributed by atoms with Crippen LogP contribution in [0.2, 0.25) is 0 Å². The van der Waals surface area contributed by atoms with Gasteiger partial charge in [0.25, 0.3) is 5.91 Å². The molecule has 1 aliphatic rings. The summed E-state index contributed by atoms with van der Waals surface area (Å²) in [5.41, 5.74) is -0.165. The van der Waals surface area contributed by atoms with Gasteiger partial charge in [0.05, 0.1) is 31.6 Å². The van der Waals surface area contributed by atoms with E-state index in [-0.39, 0.29) is 41.3 Å². The Morgan fingerprint density at radius 2 is 1.84 bits per heavy atom. The number of fused-ring (bicyclic) bond motifs is 1. The van der Waals surface area contributed by atoms with Gasteiger partial charge in [-0.15, -0.1) is 0 Å². The van der Waals surface area contributed by atoms with Crippen molar-refractivity contribution in [3.63, 3.8) is 0 Å². The van der Waals surface area contributed by atoms with Crippen molar-refractivity contribution < 1.29 is 32.5 Å². The lowest BCUT2D eigenvalue weighted by atomic mass is 10.0. The number of pyridine rings is 1. The first-order chi connectivity index (χ1) is 20.5. The minimum absolute atomic E-state index is 0.0391. The van der Waals surface area contributed by atoms with E-state index >= 15 is 0 Å². The number of hydrogen-bond acceptors (Lipinski definition) is 8. The van der Waals surface area contributed by atoms with Crippen LogP contribution in [0, 0.1) is 6.92 Å². The van der Waals surface area contributed by atoms with Crippen molar-refractivity contribution in [2.75, 3.05) is 39.9 Å². The number of nitrogens with zero attached hydrogens (tertiary/aromatic N) is 6. The second kappa shape index (κ2) is 11.9. The highest BCUT2D eigenvalue weighted by molar-refractivity contribution is 6.00. The lowest BCUT2D eigenvalue weighted by molar-refractivity contribution is -0.143. The zero-order valence-electron chi connectivity index (χ0n) is 23.9. The van der Waals surface area contributed by atoms with E-state index in [1.165, 1.54) is 14.0 Å². The number of aromatic nitrogens is 4. The second-order valence-electron chi connectivity index (χ2n) is 10.0. The number of benzene rings is 1. The van der Waals surface area contributed by atoms with Gasteiger partial charge >= 0.3 is 6.18 Å². The number of ether oxygens (including phenoxy) is 2. The number of carbonyl (C=O) groups is 1. The van der Waals surface area contributed by atoms with Crippen molar-refractivity contribution in [3.05, 3.63) is 83.5 Å². The highest BCUT2D eigenvalue weighted by atomic mass is 19.4. The van der Waals surface area contributed by atoms with Crippen molar-refractivity contribution >= 4 is 11.6 Å². The Kier molecular flexibility index (Phi) is 8.27. The number of carbonyl (C=O) groups excluding carboxylic acids is 1. The van der Waals surface area contributed by atoms with Gasteiger partial charge < -0.3 is 19.5 Å². The summed E-state index contributed by atoms with van der Waals surface area (Å²) in [6, 6.07) is 9.42. The van der Waals surface area contributed by atoms with Crippen LogP contribution in [0.5, 0.6) is 11.6 Å². The summed E-state index contributed by atoms with van der Waals surface area (Å²) in [7, 11) is 1.49. The van der Waals surface area contributed by atoms with E-state index in [0.29, 0.717) is 47.0 Å². The molecule has 0 aliphatic carbocycles. The van der Waals surface area contributed by atoms with Gasteiger partial charge in [-0.05, 0) is 44.2 Å². The largest absolute Gasteiger partial charge is 0.511 e. The zero-order chi connectivity index (χ0) is 30.9. The van der Waals surface area contributed by atoms with Gasteiger partial charge in [0.15, 0.2) is 11.3 Å². The van der Waals surface area contributed by atoms with Crippen LogP contribution >= 0.6 is 0 Å². The summed E-state index contributed by atoms with van der Waals surface area (Å²) in [6.07, 6.45) is -2.02. The summed E-state index contributed by atoms with van der Waals surface area (Å²) < 4.78 is 54.4. The Labute approximate surface area is 246 Å². The molecular formula is C30H31F3N6O4. The van der Waals surface area contributed by atoms with E-state index < -0.39 is 23.8 Å². The molecule has 1 aliphatic heterocycles. The average molecular weight is 597 g/mol. The number of rotatable bonds is 8. The molecule has 1 atom stereocenters. The maximum absolute atomic E-state index is 14.3. The third-order valence-corrected chi connectivity index (χ3v) is 7.40. The van der Waals surface area contributed by atoms with Gasteiger partial charge in [-0.1, -0.05) is 12.6 Å². The molecule has 0 spiro atoms. The predicted molar refractivity (Wildman–Crippen MR) is 152 cm³/mol. The molecule has 3 aromatic heterocycles. The SMILES string of the molecule is C=C(O)[C@H](c1cccnc1OCC)N1CCN(C(=O)c2cnn3c(C(F)(F)F)c(C)c(-c4ccc(OC)cc4)nc23)CC1. The standard InChI is InChI=1S/C30H31F3N6O4/c1-5-43-28-22(7-6-12-34-28)25(19(3)40)37-13-15-38(16-14-37)29(41)23-17-35-39-26(30(31,32)33)18(2)24(36-27(23)39)20-8-10-21(42-4)11-9-20/h6-12,17,25,40H,3,5,13-16H2,1-2,4H3/t25-/m1/s1. The van der Waals surface area contributed by atoms with E-state index in [1.54, 1.807) is 47.5 Å². The maximum Gasteiger partial charge on any atom is 0.433 e. The van der Waals surface area contributed by atoms with Crippen LogP contribution in [0.15, 0.2) is 61.1 Å². The van der Waals surface area contributed by atoms with Crippen LogP contribution in [0.25, 0.3) is 16.9 Å². The van der Waals surface area contributed by atoms with Crippen LogP contribution in [0.3, 0.4) is 0 Å². The molecule has 4 aromatic rings. The number of aliphatic hydroxyl groups is 1. The van der Waals surface area contributed by atoms with E-state index in [2.05, 4.69) is 21.6 Å². The third kappa shape index (κ3) is 5.72. The van der Waals surface area contributed by atoms with Crippen LogP contribution in [-0.4, -0.2) is 80.3 Å². The number of hydrogen-bond donors (Lipinski definition) is 1. The molecule has 43 heavy (non-hydrogen) atoms. The summed E-state index contributed by atoms with van der Waals surface area (Å²) >= 11 is 0. The van der Waals surface area contributed by atoms with E-state index in [0.717, 1.165) is 6.20 Å². The monoisotopic (exact) mass is 596 g/mol. The Hall–Kier alpha value is -4.65. The minimum Gasteiger partial charge on any atom is -0.511 e. The molecule has 1 N–H and O–H groups in total.